The second kappa shape index (κ2) is 8.10. The van der Waals surface area contributed by atoms with Crippen molar-refractivity contribution in [3.8, 4) is 0 Å². The molecule has 0 radical (unpaired) electrons. The number of nitrogen functional groups attached to an aromatic ring is 1. The van der Waals surface area contributed by atoms with Crippen molar-refractivity contribution in [1.29, 1.82) is 0 Å². The molecule has 1 aromatic heterocycles. The fraction of sp³-hybridized carbons (Fsp3) is 0.474. The number of rotatable bonds is 4. The van der Waals surface area contributed by atoms with Crippen molar-refractivity contribution in [3.63, 3.8) is 0 Å². The lowest BCUT2D eigenvalue weighted by Gasteiger charge is -2.25. The van der Waals surface area contributed by atoms with Gasteiger partial charge in [0.1, 0.15) is 0 Å². The minimum atomic E-state index is 0.0489. The van der Waals surface area contributed by atoms with E-state index in [0.717, 1.165) is 43.4 Å². The van der Waals surface area contributed by atoms with Crippen LogP contribution in [0.1, 0.15) is 25.3 Å². The summed E-state index contributed by atoms with van der Waals surface area (Å²) >= 11 is 6.42. The highest BCUT2D eigenvalue weighted by Crippen LogP contribution is 2.32. The maximum Gasteiger partial charge on any atom is 0.246 e. The first-order chi connectivity index (χ1) is 12.5. The normalized spacial score (nSPS) is 18.8. The number of nitrogens with two attached hydrogens (primary N) is 1. The molecule has 0 unspecified atom stereocenters. The zero-order valence-electron chi connectivity index (χ0n) is 15.4. The summed E-state index contributed by atoms with van der Waals surface area (Å²) in [4.78, 5) is 21.0. The number of likely N-dealkylation sites (tertiary alicyclic amines) is 1. The van der Waals surface area contributed by atoms with Crippen LogP contribution in [0.5, 0.6) is 0 Å². The molecule has 1 fully saturated rings. The smallest absolute Gasteiger partial charge is 0.246 e. The van der Waals surface area contributed by atoms with Crippen molar-refractivity contribution in [2.45, 2.75) is 25.3 Å². The highest BCUT2D eigenvalue weighted by atomic mass is 35.5. The highest BCUT2D eigenvalue weighted by molar-refractivity contribution is 6.35. The van der Waals surface area contributed by atoms with E-state index in [1.165, 1.54) is 0 Å². The van der Waals surface area contributed by atoms with Gasteiger partial charge in [0.2, 0.25) is 11.9 Å². The van der Waals surface area contributed by atoms with Crippen LogP contribution in [0.3, 0.4) is 0 Å². The molecule has 2 N–H and O–H groups in total. The van der Waals surface area contributed by atoms with E-state index in [9.17, 15) is 4.79 Å². The number of aromatic nitrogens is 2. The van der Waals surface area contributed by atoms with E-state index in [1.54, 1.807) is 6.08 Å². The van der Waals surface area contributed by atoms with Gasteiger partial charge >= 0.3 is 0 Å². The van der Waals surface area contributed by atoms with E-state index in [2.05, 4.69) is 4.98 Å². The van der Waals surface area contributed by atoms with Crippen LogP contribution in [-0.4, -0.2) is 59.0 Å². The van der Waals surface area contributed by atoms with Crippen LogP contribution < -0.4 is 5.73 Å². The summed E-state index contributed by atoms with van der Waals surface area (Å²) in [5, 5.41) is 0.639. The molecule has 1 amide bonds. The number of carbonyl (C=O) groups is 1. The number of amides is 1. The Morgan fingerprint density at radius 1 is 1.42 bits per heavy atom. The molecular weight excluding hydrogens is 350 g/mol. The third-order valence-electron chi connectivity index (χ3n) is 4.74. The van der Waals surface area contributed by atoms with E-state index in [0.29, 0.717) is 17.5 Å². The first-order valence-electron chi connectivity index (χ1n) is 8.99. The van der Waals surface area contributed by atoms with Gasteiger partial charge in [-0.25, -0.2) is 4.98 Å². The summed E-state index contributed by atoms with van der Waals surface area (Å²) in [5.74, 6) is 0.503. The summed E-state index contributed by atoms with van der Waals surface area (Å²) in [7, 11) is 3.96. The topological polar surface area (TPSA) is 67.4 Å². The number of benzene rings is 1. The molecule has 7 heteroatoms. The average molecular weight is 376 g/mol. The molecule has 1 aliphatic heterocycles. The van der Waals surface area contributed by atoms with E-state index < -0.39 is 0 Å². The number of para-hydroxylation sites is 1. The molecule has 1 saturated heterocycles. The average Bonchev–Trinajstić information content (AvgIpc) is 2.77. The second-order valence-electron chi connectivity index (χ2n) is 7.05. The fourth-order valence-corrected chi connectivity index (χ4v) is 3.75. The molecule has 1 aromatic carbocycles. The van der Waals surface area contributed by atoms with E-state index in [-0.39, 0.29) is 11.9 Å². The van der Waals surface area contributed by atoms with Crippen molar-refractivity contribution in [2.75, 3.05) is 39.5 Å². The Kier molecular flexibility index (Phi) is 5.84. The molecule has 1 aliphatic rings. The van der Waals surface area contributed by atoms with Crippen molar-refractivity contribution in [2.24, 2.45) is 0 Å². The first-order valence-corrected chi connectivity index (χ1v) is 9.37. The van der Waals surface area contributed by atoms with Crippen LogP contribution in [0, 0.1) is 0 Å². The summed E-state index contributed by atoms with van der Waals surface area (Å²) in [5.41, 5.74) is 7.86. The summed E-state index contributed by atoms with van der Waals surface area (Å²) in [6.45, 7) is 2.13. The molecule has 2 heterocycles. The Morgan fingerprint density at radius 2 is 2.23 bits per heavy atom. The maximum atomic E-state index is 12.6. The molecule has 26 heavy (non-hydrogen) atoms. The molecule has 140 valence electrons. The third-order valence-corrected chi connectivity index (χ3v) is 5.05. The van der Waals surface area contributed by atoms with Gasteiger partial charge in [0, 0.05) is 25.7 Å². The van der Waals surface area contributed by atoms with Gasteiger partial charge in [-0.2, -0.15) is 0 Å². The SMILES string of the molecule is CN(C)C/C=C/C(=O)N1CCCC[C@@H](n2c(N)nc3cccc(Cl)c32)C1. The number of anilines is 1. The van der Waals surface area contributed by atoms with Crippen LogP contribution in [0.4, 0.5) is 5.95 Å². The zero-order chi connectivity index (χ0) is 18.7. The standard InChI is InChI=1S/C19H26ClN5O/c1-23(2)11-6-10-17(26)24-12-4-3-7-14(13-24)25-18-15(20)8-5-9-16(18)22-19(25)21/h5-6,8-10,14H,3-4,7,11-13H2,1-2H3,(H2,21,22)/b10-6+/t14-/m1/s1. The molecule has 0 aliphatic carbocycles. The maximum absolute atomic E-state index is 12.6. The lowest BCUT2D eigenvalue weighted by Crippen LogP contribution is -2.34. The van der Waals surface area contributed by atoms with Gasteiger partial charge in [-0.1, -0.05) is 23.7 Å². The van der Waals surface area contributed by atoms with E-state index in [4.69, 9.17) is 17.3 Å². The Morgan fingerprint density at radius 3 is 3.00 bits per heavy atom. The molecule has 2 aromatic rings. The largest absolute Gasteiger partial charge is 0.369 e. The van der Waals surface area contributed by atoms with Gasteiger partial charge in [-0.05, 0) is 45.5 Å². The molecular formula is C19H26ClN5O. The summed E-state index contributed by atoms with van der Waals surface area (Å²) < 4.78 is 2.01. The summed E-state index contributed by atoms with van der Waals surface area (Å²) in [6, 6.07) is 5.72. The van der Waals surface area contributed by atoms with Gasteiger partial charge in [-0.3, -0.25) is 4.79 Å². The Bertz CT molecular complexity index is 814. The monoisotopic (exact) mass is 375 g/mol. The van der Waals surface area contributed by atoms with Crippen LogP contribution in [0.2, 0.25) is 5.02 Å². The van der Waals surface area contributed by atoms with E-state index in [1.807, 2.05) is 52.7 Å². The highest BCUT2D eigenvalue weighted by Gasteiger charge is 2.25. The fourth-order valence-electron chi connectivity index (χ4n) is 3.49. The van der Waals surface area contributed by atoms with Gasteiger partial charge in [-0.15, -0.1) is 0 Å². The quantitative estimate of drug-likeness (QED) is 0.834. The number of hydrogen-bond acceptors (Lipinski definition) is 4. The Balaban J connectivity index is 1.86. The van der Waals surface area contributed by atoms with Crippen molar-refractivity contribution in [3.05, 3.63) is 35.4 Å². The molecule has 0 saturated carbocycles. The number of fused-ring (bicyclic) bond motifs is 1. The minimum absolute atomic E-state index is 0.0489. The van der Waals surface area contributed by atoms with Gasteiger partial charge in [0.15, 0.2) is 0 Å². The molecule has 0 spiro atoms. The molecule has 6 nitrogen and oxygen atoms in total. The Hall–Kier alpha value is -2.05. The number of halogens is 1. The zero-order valence-corrected chi connectivity index (χ0v) is 16.1. The Labute approximate surface area is 159 Å². The van der Waals surface area contributed by atoms with Crippen molar-refractivity contribution >= 4 is 34.5 Å². The van der Waals surface area contributed by atoms with Crippen molar-refractivity contribution < 1.29 is 4.79 Å². The predicted octanol–water partition coefficient (Wildman–Crippen LogP) is 2.94. The predicted molar refractivity (Wildman–Crippen MR) is 106 cm³/mol. The van der Waals surface area contributed by atoms with Crippen LogP contribution in [0.25, 0.3) is 11.0 Å². The second-order valence-corrected chi connectivity index (χ2v) is 7.45. The van der Waals surface area contributed by atoms with Gasteiger partial charge in [0.25, 0.3) is 0 Å². The molecule has 3 rings (SSSR count). The number of imidazole rings is 1. The van der Waals surface area contributed by atoms with Crippen molar-refractivity contribution in [1.82, 2.24) is 19.4 Å². The van der Waals surface area contributed by atoms with Crippen LogP contribution in [-0.2, 0) is 4.79 Å². The van der Waals surface area contributed by atoms with Gasteiger partial charge in [0.05, 0.1) is 22.1 Å². The lowest BCUT2D eigenvalue weighted by atomic mass is 10.1. The van der Waals surface area contributed by atoms with E-state index >= 15 is 0 Å². The van der Waals surface area contributed by atoms with Gasteiger partial charge < -0.3 is 20.1 Å². The number of nitrogens with zero attached hydrogens (tertiary/aromatic N) is 4. The third kappa shape index (κ3) is 4.02. The van der Waals surface area contributed by atoms with Crippen LogP contribution in [0.15, 0.2) is 30.4 Å². The summed E-state index contributed by atoms with van der Waals surface area (Å²) in [6.07, 6.45) is 6.56. The lowest BCUT2D eigenvalue weighted by molar-refractivity contribution is -0.126. The number of hydrogen-bond donors (Lipinski definition) is 1. The number of carbonyl (C=O) groups excluding carboxylic acids is 1. The number of likely N-dealkylation sites (N-methyl/N-ethyl adjacent to an activating group) is 1. The van der Waals surface area contributed by atoms with Crippen LogP contribution >= 0.6 is 11.6 Å². The molecule has 1 atom stereocenters. The first kappa shape index (κ1) is 18.7. The minimum Gasteiger partial charge on any atom is -0.369 e. The molecule has 0 bridgehead atoms.